The van der Waals surface area contributed by atoms with E-state index in [0.29, 0.717) is 19.0 Å². The van der Waals surface area contributed by atoms with Gasteiger partial charge in [0, 0.05) is 13.1 Å². The standard InChI is InChI=1S/C17H25FN2O3S/c1-4-15(17(21)19-11-9-13(2)10-12-19)20(24(3,22)23)16-8-6-5-7-14(16)18/h5-8,13,15H,4,9-12H2,1-3H3. The second kappa shape index (κ2) is 7.51. The maximum Gasteiger partial charge on any atom is 0.246 e. The van der Waals surface area contributed by atoms with Crippen LogP contribution in [0.1, 0.15) is 33.1 Å². The number of carbonyl (C=O) groups is 1. The molecule has 0 aromatic heterocycles. The molecule has 1 unspecified atom stereocenters. The molecule has 1 saturated heterocycles. The highest BCUT2D eigenvalue weighted by Crippen LogP contribution is 2.27. The van der Waals surface area contributed by atoms with Crippen LogP contribution in [0.2, 0.25) is 0 Å². The van der Waals surface area contributed by atoms with Crippen molar-refractivity contribution in [2.24, 2.45) is 5.92 Å². The van der Waals surface area contributed by atoms with Gasteiger partial charge in [0.2, 0.25) is 15.9 Å². The van der Waals surface area contributed by atoms with Gasteiger partial charge in [-0.05, 0) is 37.3 Å². The van der Waals surface area contributed by atoms with Crippen LogP contribution in [-0.2, 0) is 14.8 Å². The van der Waals surface area contributed by atoms with Crippen molar-refractivity contribution in [2.45, 2.75) is 39.2 Å². The molecule has 7 heteroatoms. The minimum absolute atomic E-state index is 0.0782. The predicted molar refractivity (Wildman–Crippen MR) is 92.8 cm³/mol. The number of carbonyl (C=O) groups excluding carboxylic acids is 1. The van der Waals surface area contributed by atoms with Gasteiger partial charge in [-0.25, -0.2) is 12.8 Å². The molecule has 24 heavy (non-hydrogen) atoms. The lowest BCUT2D eigenvalue weighted by Gasteiger charge is -2.37. The fraction of sp³-hybridized carbons (Fsp3) is 0.588. The van der Waals surface area contributed by atoms with Gasteiger partial charge in [-0.1, -0.05) is 26.0 Å². The highest BCUT2D eigenvalue weighted by atomic mass is 32.2. The zero-order valence-electron chi connectivity index (χ0n) is 14.4. The van der Waals surface area contributed by atoms with Gasteiger partial charge < -0.3 is 4.90 Å². The van der Waals surface area contributed by atoms with E-state index >= 15 is 0 Å². The summed E-state index contributed by atoms with van der Waals surface area (Å²) >= 11 is 0. The predicted octanol–water partition coefficient (Wildman–Crippen LogP) is 2.63. The Balaban J connectivity index is 2.36. The van der Waals surface area contributed by atoms with Crippen LogP contribution in [0.3, 0.4) is 0 Å². The van der Waals surface area contributed by atoms with E-state index in [1.165, 1.54) is 18.2 Å². The molecule has 1 heterocycles. The lowest BCUT2D eigenvalue weighted by molar-refractivity contribution is -0.133. The van der Waals surface area contributed by atoms with Gasteiger partial charge in [0.25, 0.3) is 0 Å². The molecule has 5 nitrogen and oxygen atoms in total. The largest absolute Gasteiger partial charge is 0.341 e. The summed E-state index contributed by atoms with van der Waals surface area (Å²) in [6.45, 7) is 5.12. The maximum atomic E-state index is 14.2. The zero-order chi connectivity index (χ0) is 17.9. The number of hydrogen-bond donors (Lipinski definition) is 0. The van der Waals surface area contributed by atoms with Crippen LogP contribution in [0.5, 0.6) is 0 Å². The molecule has 0 aliphatic carbocycles. The molecule has 0 saturated carbocycles. The molecule has 1 aromatic carbocycles. The molecule has 1 atom stereocenters. The van der Waals surface area contributed by atoms with Crippen molar-refractivity contribution >= 4 is 21.6 Å². The number of piperidine rings is 1. The summed E-state index contributed by atoms with van der Waals surface area (Å²) in [5.41, 5.74) is -0.0782. The minimum atomic E-state index is -3.80. The quantitative estimate of drug-likeness (QED) is 0.815. The fourth-order valence-electron chi connectivity index (χ4n) is 3.09. The minimum Gasteiger partial charge on any atom is -0.341 e. The van der Waals surface area contributed by atoms with Crippen LogP contribution in [0.4, 0.5) is 10.1 Å². The van der Waals surface area contributed by atoms with E-state index in [9.17, 15) is 17.6 Å². The normalized spacial score (nSPS) is 17.6. The summed E-state index contributed by atoms with van der Waals surface area (Å²) in [6, 6.07) is 4.73. The van der Waals surface area contributed by atoms with Crippen LogP contribution in [0, 0.1) is 11.7 Å². The van der Waals surface area contributed by atoms with Crippen molar-refractivity contribution < 1.29 is 17.6 Å². The first-order chi connectivity index (χ1) is 11.3. The Morgan fingerprint density at radius 1 is 1.33 bits per heavy atom. The second-order valence-electron chi connectivity index (χ2n) is 6.44. The smallest absolute Gasteiger partial charge is 0.246 e. The summed E-state index contributed by atoms with van der Waals surface area (Å²) in [5, 5.41) is 0. The van der Waals surface area contributed by atoms with Crippen molar-refractivity contribution in [3.05, 3.63) is 30.1 Å². The SMILES string of the molecule is CCC(C(=O)N1CCC(C)CC1)N(c1ccccc1F)S(C)(=O)=O. The van der Waals surface area contributed by atoms with Crippen molar-refractivity contribution in [2.75, 3.05) is 23.7 Å². The first kappa shape index (κ1) is 18.7. The topological polar surface area (TPSA) is 57.7 Å². The summed E-state index contributed by atoms with van der Waals surface area (Å²) in [5.74, 6) is -0.341. The number of amides is 1. The third-order valence-electron chi connectivity index (χ3n) is 4.50. The van der Waals surface area contributed by atoms with Crippen molar-refractivity contribution in [1.82, 2.24) is 4.90 Å². The van der Waals surface area contributed by atoms with Gasteiger partial charge in [-0.2, -0.15) is 0 Å². The third kappa shape index (κ3) is 4.06. The molecular formula is C17H25FN2O3S. The summed E-state index contributed by atoms with van der Waals surface area (Å²) in [6.07, 6.45) is 3.10. The maximum absolute atomic E-state index is 14.2. The Morgan fingerprint density at radius 3 is 2.42 bits per heavy atom. The average molecular weight is 356 g/mol. The number of benzene rings is 1. The van der Waals surface area contributed by atoms with Crippen LogP contribution < -0.4 is 4.31 Å². The molecule has 0 N–H and O–H groups in total. The van der Waals surface area contributed by atoms with E-state index in [1.54, 1.807) is 17.9 Å². The fourth-order valence-corrected chi connectivity index (χ4v) is 4.30. The number of nitrogens with zero attached hydrogens (tertiary/aromatic N) is 2. The highest BCUT2D eigenvalue weighted by molar-refractivity contribution is 7.92. The van der Waals surface area contributed by atoms with Gasteiger partial charge in [0.15, 0.2) is 0 Å². The molecule has 1 aromatic rings. The Labute approximate surface area is 143 Å². The monoisotopic (exact) mass is 356 g/mol. The molecule has 1 aliphatic heterocycles. The van der Waals surface area contributed by atoms with Crippen molar-refractivity contribution in [3.8, 4) is 0 Å². The molecule has 1 fully saturated rings. The van der Waals surface area contributed by atoms with Gasteiger partial charge in [-0.3, -0.25) is 9.10 Å². The Kier molecular flexibility index (Phi) is 5.85. The van der Waals surface area contributed by atoms with Crippen molar-refractivity contribution in [1.29, 1.82) is 0 Å². The molecule has 0 spiro atoms. The molecule has 0 radical (unpaired) electrons. The van der Waals surface area contributed by atoms with Gasteiger partial charge in [-0.15, -0.1) is 0 Å². The molecule has 1 amide bonds. The summed E-state index contributed by atoms with van der Waals surface area (Å²) in [7, 11) is -3.80. The first-order valence-corrected chi connectivity index (χ1v) is 10.1. The van der Waals surface area contributed by atoms with E-state index in [4.69, 9.17) is 0 Å². The van der Waals surface area contributed by atoms with E-state index in [2.05, 4.69) is 6.92 Å². The molecular weight excluding hydrogens is 331 g/mol. The van der Waals surface area contributed by atoms with Gasteiger partial charge >= 0.3 is 0 Å². The summed E-state index contributed by atoms with van der Waals surface area (Å²) < 4.78 is 39.8. The third-order valence-corrected chi connectivity index (χ3v) is 5.66. The Bertz CT molecular complexity index is 685. The lowest BCUT2D eigenvalue weighted by Crippen LogP contribution is -2.52. The number of rotatable bonds is 5. The molecule has 0 bridgehead atoms. The van der Waals surface area contributed by atoms with E-state index < -0.39 is 21.9 Å². The van der Waals surface area contributed by atoms with Gasteiger partial charge in [0.05, 0.1) is 11.9 Å². The number of hydrogen-bond acceptors (Lipinski definition) is 3. The summed E-state index contributed by atoms with van der Waals surface area (Å²) in [4.78, 5) is 14.6. The van der Waals surface area contributed by atoms with Crippen LogP contribution in [0.15, 0.2) is 24.3 Å². The Hall–Kier alpha value is -1.63. The molecule has 134 valence electrons. The van der Waals surface area contributed by atoms with Gasteiger partial charge in [0.1, 0.15) is 11.9 Å². The van der Waals surface area contributed by atoms with Crippen LogP contribution in [-0.4, -0.2) is 44.6 Å². The zero-order valence-corrected chi connectivity index (χ0v) is 15.2. The Morgan fingerprint density at radius 2 is 1.92 bits per heavy atom. The molecule has 1 aliphatic rings. The highest BCUT2D eigenvalue weighted by Gasteiger charge is 2.36. The molecule has 2 rings (SSSR count). The lowest BCUT2D eigenvalue weighted by atomic mass is 9.98. The number of likely N-dealkylation sites (tertiary alicyclic amines) is 1. The van der Waals surface area contributed by atoms with Crippen LogP contribution >= 0.6 is 0 Å². The average Bonchev–Trinajstić information content (AvgIpc) is 2.52. The van der Waals surface area contributed by atoms with E-state index in [-0.39, 0.29) is 18.0 Å². The van der Waals surface area contributed by atoms with Crippen molar-refractivity contribution in [3.63, 3.8) is 0 Å². The second-order valence-corrected chi connectivity index (χ2v) is 8.30. The van der Waals surface area contributed by atoms with E-state index in [0.717, 1.165) is 23.4 Å². The van der Waals surface area contributed by atoms with Crippen LogP contribution in [0.25, 0.3) is 0 Å². The number of para-hydroxylation sites is 1. The first-order valence-electron chi connectivity index (χ1n) is 8.28. The number of halogens is 1. The number of sulfonamides is 1. The van der Waals surface area contributed by atoms with E-state index in [1.807, 2.05) is 0 Å². The number of anilines is 1.